The van der Waals surface area contributed by atoms with Crippen molar-refractivity contribution < 1.29 is 19.0 Å². The van der Waals surface area contributed by atoms with Gasteiger partial charge in [-0.3, -0.25) is 0 Å². The van der Waals surface area contributed by atoms with Gasteiger partial charge in [-0.15, -0.1) is 0 Å². The van der Waals surface area contributed by atoms with Crippen molar-refractivity contribution in [1.29, 1.82) is 0 Å². The fraction of sp³-hybridized carbons (Fsp3) is 0.286. The highest BCUT2D eigenvalue weighted by atomic mass is 19.1. The molecule has 2 rings (SSSR count). The van der Waals surface area contributed by atoms with Gasteiger partial charge in [-0.2, -0.15) is 5.10 Å². The summed E-state index contributed by atoms with van der Waals surface area (Å²) in [5.41, 5.74) is 0.786. The molecule has 1 atom stereocenters. The number of ether oxygens (including phenoxy) is 1. The zero-order chi connectivity index (χ0) is 14.7. The monoisotopic (exact) mass is 278 g/mol. The second kappa shape index (κ2) is 5.83. The minimum absolute atomic E-state index is 0.131. The number of aliphatic hydroxyl groups is 1. The molecule has 5 nitrogen and oxygen atoms in total. The van der Waals surface area contributed by atoms with Crippen LogP contribution >= 0.6 is 0 Å². The summed E-state index contributed by atoms with van der Waals surface area (Å²) in [7, 11) is 0. The van der Waals surface area contributed by atoms with Crippen molar-refractivity contribution in [1.82, 2.24) is 9.78 Å². The summed E-state index contributed by atoms with van der Waals surface area (Å²) in [6.07, 6.45) is 1.80. The van der Waals surface area contributed by atoms with E-state index in [2.05, 4.69) is 5.10 Å². The number of carbonyl (C=O) groups excluding carboxylic acids is 1. The van der Waals surface area contributed by atoms with Gasteiger partial charge in [0.1, 0.15) is 5.82 Å². The molecule has 1 aromatic carbocycles. The zero-order valence-corrected chi connectivity index (χ0v) is 11.2. The molecular formula is C14H15FN2O3. The minimum atomic E-state index is -0.985. The van der Waals surface area contributed by atoms with E-state index >= 15 is 0 Å². The van der Waals surface area contributed by atoms with Crippen LogP contribution < -0.4 is 0 Å². The molecule has 0 radical (unpaired) electrons. The van der Waals surface area contributed by atoms with Crippen LogP contribution in [0, 0.1) is 5.82 Å². The second-order valence-corrected chi connectivity index (χ2v) is 4.24. The lowest BCUT2D eigenvalue weighted by molar-refractivity contribution is 0.0526. The molecular weight excluding hydrogens is 263 g/mol. The smallest absolute Gasteiger partial charge is 0.341 e. The van der Waals surface area contributed by atoms with E-state index in [-0.39, 0.29) is 17.7 Å². The van der Waals surface area contributed by atoms with Crippen LogP contribution in [0.1, 0.15) is 35.9 Å². The Morgan fingerprint density at radius 3 is 2.95 bits per heavy atom. The maximum atomic E-state index is 13.8. The Balaban J connectivity index is 2.43. The van der Waals surface area contributed by atoms with E-state index in [0.29, 0.717) is 5.69 Å². The van der Waals surface area contributed by atoms with Crippen molar-refractivity contribution in [2.75, 3.05) is 6.61 Å². The molecule has 1 heterocycles. The van der Waals surface area contributed by atoms with Gasteiger partial charge in [0, 0.05) is 11.8 Å². The predicted molar refractivity (Wildman–Crippen MR) is 70.1 cm³/mol. The quantitative estimate of drug-likeness (QED) is 0.871. The Morgan fingerprint density at radius 2 is 2.30 bits per heavy atom. The van der Waals surface area contributed by atoms with Crippen molar-refractivity contribution >= 4 is 5.97 Å². The normalized spacial score (nSPS) is 12.2. The first-order valence-electron chi connectivity index (χ1n) is 6.23. The number of esters is 1. The molecule has 0 fully saturated rings. The van der Waals surface area contributed by atoms with Gasteiger partial charge in [-0.1, -0.05) is 6.07 Å². The molecule has 0 saturated carbocycles. The largest absolute Gasteiger partial charge is 0.462 e. The first kappa shape index (κ1) is 14.2. The lowest BCUT2D eigenvalue weighted by Gasteiger charge is -2.12. The number of benzene rings is 1. The Kier molecular flexibility index (Phi) is 4.14. The third kappa shape index (κ3) is 2.70. The van der Waals surface area contributed by atoms with Gasteiger partial charge in [0.05, 0.1) is 30.2 Å². The first-order valence-corrected chi connectivity index (χ1v) is 6.23. The average Bonchev–Trinajstić information content (AvgIpc) is 2.87. The van der Waals surface area contributed by atoms with Gasteiger partial charge in [-0.05, 0) is 26.0 Å². The Morgan fingerprint density at radius 1 is 1.55 bits per heavy atom. The molecule has 0 aliphatic rings. The molecule has 0 aliphatic heterocycles. The highest BCUT2D eigenvalue weighted by Crippen LogP contribution is 2.24. The van der Waals surface area contributed by atoms with Crippen LogP contribution in [0.5, 0.6) is 0 Å². The molecule has 106 valence electrons. The third-order valence-electron chi connectivity index (χ3n) is 2.79. The van der Waals surface area contributed by atoms with Crippen LogP contribution in [-0.2, 0) is 4.74 Å². The summed E-state index contributed by atoms with van der Waals surface area (Å²) >= 11 is 0. The van der Waals surface area contributed by atoms with Gasteiger partial charge in [-0.25, -0.2) is 13.9 Å². The maximum absolute atomic E-state index is 13.8. The SMILES string of the molecule is CCOC(=O)c1cnn(-c2cccc(F)c2[C@@H](C)O)c1. The van der Waals surface area contributed by atoms with Crippen LogP contribution in [0.15, 0.2) is 30.6 Å². The molecule has 20 heavy (non-hydrogen) atoms. The van der Waals surface area contributed by atoms with Crippen molar-refractivity contribution in [2.45, 2.75) is 20.0 Å². The topological polar surface area (TPSA) is 64.3 Å². The van der Waals surface area contributed by atoms with Crippen LogP contribution in [0.4, 0.5) is 4.39 Å². The minimum Gasteiger partial charge on any atom is -0.462 e. The van der Waals surface area contributed by atoms with Crippen molar-refractivity contribution in [3.63, 3.8) is 0 Å². The molecule has 0 bridgehead atoms. The van der Waals surface area contributed by atoms with E-state index in [1.165, 1.54) is 36.1 Å². The van der Waals surface area contributed by atoms with E-state index in [4.69, 9.17) is 4.74 Å². The summed E-state index contributed by atoms with van der Waals surface area (Å²) in [5.74, 6) is -1.01. The van der Waals surface area contributed by atoms with E-state index in [9.17, 15) is 14.3 Å². The van der Waals surface area contributed by atoms with Gasteiger partial charge >= 0.3 is 5.97 Å². The van der Waals surface area contributed by atoms with E-state index in [1.54, 1.807) is 13.0 Å². The fourth-order valence-corrected chi connectivity index (χ4v) is 1.91. The van der Waals surface area contributed by atoms with Crippen LogP contribution in [0.3, 0.4) is 0 Å². The molecule has 2 aromatic rings. The number of rotatable bonds is 4. The first-order chi connectivity index (χ1) is 9.54. The number of carbonyl (C=O) groups is 1. The number of hydrogen-bond acceptors (Lipinski definition) is 4. The highest BCUT2D eigenvalue weighted by Gasteiger charge is 2.17. The predicted octanol–water partition coefficient (Wildman–Crippen LogP) is 2.24. The van der Waals surface area contributed by atoms with E-state index in [0.717, 1.165) is 0 Å². The number of hydrogen-bond donors (Lipinski definition) is 1. The van der Waals surface area contributed by atoms with Gasteiger partial charge in [0.15, 0.2) is 0 Å². The van der Waals surface area contributed by atoms with E-state index in [1.807, 2.05) is 0 Å². The molecule has 1 N–H and O–H groups in total. The van der Waals surface area contributed by atoms with Crippen LogP contribution in [-0.4, -0.2) is 27.5 Å². The lowest BCUT2D eigenvalue weighted by Crippen LogP contribution is -2.06. The Bertz CT molecular complexity index is 623. The van der Waals surface area contributed by atoms with Crippen molar-refractivity contribution in [2.24, 2.45) is 0 Å². The number of halogens is 1. The number of aromatic nitrogens is 2. The van der Waals surface area contributed by atoms with Gasteiger partial charge in [0.2, 0.25) is 0 Å². The highest BCUT2D eigenvalue weighted by molar-refractivity contribution is 5.88. The molecule has 6 heteroatoms. The standard InChI is InChI=1S/C14H15FN2O3/c1-3-20-14(19)10-7-16-17(8-10)12-6-4-5-11(15)13(12)9(2)18/h4-9,18H,3H2,1-2H3/t9-/m1/s1. The van der Waals surface area contributed by atoms with Crippen LogP contribution in [0.25, 0.3) is 5.69 Å². The molecule has 0 spiro atoms. The summed E-state index contributed by atoms with van der Waals surface area (Å²) in [6, 6.07) is 4.40. The molecule has 0 amide bonds. The Hall–Kier alpha value is -2.21. The third-order valence-corrected chi connectivity index (χ3v) is 2.79. The fourth-order valence-electron chi connectivity index (χ4n) is 1.91. The van der Waals surface area contributed by atoms with E-state index < -0.39 is 17.9 Å². The zero-order valence-electron chi connectivity index (χ0n) is 11.2. The summed E-state index contributed by atoms with van der Waals surface area (Å²) in [4.78, 5) is 11.6. The Labute approximate surface area is 115 Å². The summed E-state index contributed by atoms with van der Waals surface area (Å²) < 4.78 is 20.0. The van der Waals surface area contributed by atoms with Gasteiger partial charge < -0.3 is 9.84 Å². The number of nitrogens with zero attached hydrogens (tertiary/aromatic N) is 2. The summed E-state index contributed by atoms with van der Waals surface area (Å²) in [6.45, 7) is 3.45. The van der Waals surface area contributed by atoms with Crippen molar-refractivity contribution in [3.8, 4) is 5.69 Å². The maximum Gasteiger partial charge on any atom is 0.341 e. The van der Waals surface area contributed by atoms with Crippen molar-refractivity contribution in [3.05, 3.63) is 47.5 Å². The molecule has 0 saturated heterocycles. The molecule has 1 aromatic heterocycles. The van der Waals surface area contributed by atoms with Gasteiger partial charge in [0.25, 0.3) is 0 Å². The average molecular weight is 278 g/mol. The second-order valence-electron chi connectivity index (χ2n) is 4.24. The summed E-state index contributed by atoms with van der Waals surface area (Å²) in [5, 5.41) is 13.7. The number of aliphatic hydroxyl groups excluding tert-OH is 1. The van der Waals surface area contributed by atoms with Crippen LogP contribution in [0.2, 0.25) is 0 Å². The molecule has 0 unspecified atom stereocenters. The lowest BCUT2D eigenvalue weighted by atomic mass is 10.1. The molecule has 0 aliphatic carbocycles.